The minimum absolute atomic E-state index is 0.127. The molecule has 4 aromatic rings. The van der Waals surface area contributed by atoms with Gasteiger partial charge in [0.25, 0.3) is 5.91 Å². The number of rotatable bonds is 8. The van der Waals surface area contributed by atoms with Crippen LogP contribution in [0.5, 0.6) is 0 Å². The summed E-state index contributed by atoms with van der Waals surface area (Å²) in [6, 6.07) is 10.1. The fraction of sp³-hybridized carbons (Fsp3) is 0.424. The third-order valence-corrected chi connectivity index (χ3v) is 8.91. The molecule has 1 fully saturated rings. The maximum Gasteiger partial charge on any atom is 0.251 e. The van der Waals surface area contributed by atoms with Gasteiger partial charge in [0.05, 0.1) is 24.1 Å². The molecule has 3 aromatic heterocycles. The number of likely N-dealkylation sites (tertiary alicyclic amines) is 1. The van der Waals surface area contributed by atoms with Crippen molar-refractivity contribution in [3.8, 4) is 11.3 Å². The molecule has 218 valence electrons. The molecule has 1 aliphatic heterocycles. The lowest BCUT2D eigenvalue weighted by Crippen LogP contribution is -2.36. The number of pyridine rings is 2. The fourth-order valence-corrected chi connectivity index (χ4v) is 6.16. The van der Waals surface area contributed by atoms with Crippen LogP contribution in [0.2, 0.25) is 0 Å². The van der Waals surface area contributed by atoms with Crippen molar-refractivity contribution in [3.63, 3.8) is 0 Å². The molecule has 7 nitrogen and oxygen atoms in total. The summed E-state index contributed by atoms with van der Waals surface area (Å²) in [6.07, 6.45) is 9.23. The van der Waals surface area contributed by atoms with Gasteiger partial charge in [-0.2, -0.15) is 10.2 Å². The molecule has 1 N–H and O–H groups in total. The summed E-state index contributed by atoms with van der Waals surface area (Å²) in [4.78, 5) is 25.2. The largest absolute Gasteiger partial charge is 0.345 e. The molecule has 4 heterocycles. The molecule has 6 rings (SSSR count). The number of aromatic nitrogens is 4. The number of hydrogen-bond donors (Lipinski definition) is 1. The van der Waals surface area contributed by atoms with Crippen molar-refractivity contribution in [2.45, 2.75) is 64.1 Å². The number of nitrogens with zero attached hydrogens (tertiary/aromatic N) is 5. The van der Waals surface area contributed by atoms with Gasteiger partial charge in [0, 0.05) is 41.4 Å². The number of fused-ring (bicyclic) bond motifs is 2. The molecule has 42 heavy (non-hydrogen) atoms. The minimum Gasteiger partial charge on any atom is -0.345 e. The summed E-state index contributed by atoms with van der Waals surface area (Å²) in [7, 11) is 0. The molecular formula is C33H36F2N6O. The average Bonchev–Trinajstić information content (AvgIpc) is 3.52. The van der Waals surface area contributed by atoms with Crippen molar-refractivity contribution < 1.29 is 13.6 Å². The second kappa shape index (κ2) is 11.8. The number of hydrogen-bond acceptors (Lipinski definition) is 6. The van der Waals surface area contributed by atoms with Crippen LogP contribution < -0.4 is 5.32 Å². The monoisotopic (exact) mass is 570 g/mol. The van der Waals surface area contributed by atoms with Gasteiger partial charge in [-0.15, -0.1) is 0 Å². The van der Waals surface area contributed by atoms with Crippen molar-refractivity contribution in [3.05, 3.63) is 83.2 Å². The smallest absolute Gasteiger partial charge is 0.251 e. The lowest BCUT2D eigenvalue weighted by Gasteiger charge is -2.34. The maximum atomic E-state index is 15.5. The van der Waals surface area contributed by atoms with E-state index in [0.29, 0.717) is 24.6 Å². The van der Waals surface area contributed by atoms with E-state index in [9.17, 15) is 4.79 Å². The van der Waals surface area contributed by atoms with E-state index in [4.69, 9.17) is 0 Å². The van der Waals surface area contributed by atoms with E-state index in [1.165, 1.54) is 18.9 Å². The zero-order valence-corrected chi connectivity index (χ0v) is 24.1. The maximum absolute atomic E-state index is 15.5. The molecule has 1 saturated heterocycles. The van der Waals surface area contributed by atoms with Crippen molar-refractivity contribution >= 4 is 16.8 Å². The average molecular weight is 571 g/mol. The highest BCUT2D eigenvalue weighted by Crippen LogP contribution is 2.38. The standard InChI is InChI=1S/C33H36F2N6O/c1-21(2)33(35)10-7-29-26(18-33)16-24-15-25(17-27(34)31(24)39-29)32(42)40-30(9-14-41-12-3-4-13-41)22-5-6-28(36-19-22)23-8-11-37-38-20-23/h5-6,8,11,15-17,19-21,30H,3-4,7,9-10,12-14,18H2,1-2H3,(H,40,42)/t30-,33+/m1/s1. The van der Waals surface area contributed by atoms with Gasteiger partial charge in [-0.05, 0) is 92.6 Å². The number of amides is 1. The summed E-state index contributed by atoms with van der Waals surface area (Å²) in [5.41, 5.74) is 3.15. The van der Waals surface area contributed by atoms with E-state index < -0.39 is 11.5 Å². The summed E-state index contributed by atoms with van der Waals surface area (Å²) < 4.78 is 30.8. The Kier molecular flexibility index (Phi) is 7.94. The number of aryl methyl sites for hydroxylation is 1. The highest BCUT2D eigenvalue weighted by Gasteiger charge is 2.38. The molecule has 0 unspecified atom stereocenters. The highest BCUT2D eigenvalue weighted by molar-refractivity contribution is 5.98. The number of benzene rings is 1. The Labute approximate surface area is 244 Å². The van der Waals surface area contributed by atoms with Gasteiger partial charge in [-0.1, -0.05) is 19.9 Å². The third-order valence-electron chi connectivity index (χ3n) is 8.91. The Morgan fingerprint density at radius 2 is 1.93 bits per heavy atom. The van der Waals surface area contributed by atoms with Gasteiger partial charge in [0.2, 0.25) is 0 Å². The van der Waals surface area contributed by atoms with E-state index in [-0.39, 0.29) is 35.4 Å². The zero-order chi connectivity index (χ0) is 29.3. The normalized spacial score (nSPS) is 19.6. The molecule has 1 amide bonds. The predicted molar refractivity (Wildman–Crippen MR) is 158 cm³/mol. The Morgan fingerprint density at radius 1 is 1.10 bits per heavy atom. The van der Waals surface area contributed by atoms with Crippen LogP contribution in [-0.2, 0) is 12.8 Å². The molecule has 2 aliphatic rings. The van der Waals surface area contributed by atoms with Gasteiger partial charge >= 0.3 is 0 Å². The van der Waals surface area contributed by atoms with Gasteiger partial charge in [0.1, 0.15) is 17.0 Å². The first-order chi connectivity index (χ1) is 20.3. The second-order valence-corrected chi connectivity index (χ2v) is 12.0. The summed E-state index contributed by atoms with van der Waals surface area (Å²) in [5.74, 6) is -1.05. The molecule has 0 bridgehead atoms. The van der Waals surface area contributed by atoms with Gasteiger partial charge < -0.3 is 10.2 Å². The molecule has 0 radical (unpaired) electrons. The molecule has 0 spiro atoms. The van der Waals surface area contributed by atoms with Crippen LogP contribution in [0, 0.1) is 11.7 Å². The summed E-state index contributed by atoms with van der Waals surface area (Å²) >= 11 is 0. The van der Waals surface area contributed by atoms with Gasteiger partial charge in [-0.3, -0.25) is 9.78 Å². The number of carbonyl (C=O) groups is 1. The van der Waals surface area contributed by atoms with Crippen molar-refractivity contribution in [1.29, 1.82) is 0 Å². The number of halogens is 2. The fourth-order valence-electron chi connectivity index (χ4n) is 6.16. The lowest BCUT2D eigenvalue weighted by atomic mass is 9.77. The van der Waals surface area contributed by atoms with E-state index in [1.54, 1.807) is 24.7 Å². The van der Waals surface area contributed by atoms with Crippen LogP contribution >= 0.6 is 0 Å². The number of nitrogens with one attached hydrogen (secondary N) is 1. The van der Waals surface area contributed by atoms with E-state index in [1.807, 2.05) is 38.1 Å². The lowest BCUT2D eigenvalue weighted by molar-refractivity contribution is 0.0821. The number of carbonyl (C=O) groups excluding carboxylic acids is 1. The third kappa shape index (κ3) is 5.88. The Hall–Kier alpha value is -3.85. The quantitative estimate of drug-likeness (QED) is 0.278. The van der Waals surface area contributed by atoms with E-state index >= 15 is 8.78 Å². The van der Waals surface area contributed by atoms with Gasteiger partial charge in [-0.25, -0.2) is 13.8 Å². The first-order valence-electron chi connectivity index (χ1n) is 14.9. The minimum atomic E-state index is -1.31. The Balaban J connectivity index is 1.26. The van der Waals surface area contributed by atoms with Crippen LogP contribution in [0.25, 0.3) is 22.2 Å². The molecule has 9 heteroatoms. The SMILES string of the molecule is CC(C)[C@]1(F)CCc2nc3c(F)cc(C(=O)N[C@H](CCN4CCCC4)c4ccc(-c5ccnnc5)nc4)cc3cc2C1. The summed E-state index contributed by atoms with van der Waals surface area (Å²) in [6.45, 7) is 6.72. The highest BCUT2D eigenvalue weighted by atomic mass is 19.1. The summed E-state index contributed by atoms with van der Waals surface area (Å²) in [5, 5.41) is 11.4. The molecule has 1 aliphatic carbocycles. The Morgan fingerprint density at radius 3 is 2.64 bits per heavy atom. The van der Waals surface area contributed by atoms with E-state index in [0.717, 1.165) is 47.7 Å². The van der Waals surface area contributed by atoms with Crippen LogP contribution in [0.4, 0.5) is 8.78 Å². The Bertz CT molecular complexity index is 1570. The molecule has 1 aromatic carbocycles. The second-order valence-electron chi connectivity index (χ2n) is 12.0. The van der Waals surface area contributed by atoms with Crippen molar-refractivity contribution in [1.82, 2.24) is 30.4 Å². The van der Waals surface area contributed by atoms with Crippen LogP contribution in [0.1, 0.15) is 72.8 Å². The van der Waals surface area contributed by atoms with Crippen LogP contribution in [0.15, 0.2) is 55.0 Å². The zero-order valence-electron chi connectivity index (χ0n) is 24.1. The molecule has 2 atom stereocenters. The van der Waals surface area contributed by atoms with Gasteiger partial charge in [0.15, 0.2) is 0 Å². The topological polar surface area (TPSA) is 83.9 Å². The van der Waals surface area contributed by atoms with Crippen molar-refractivity contribution in [2.24, 2.45) is 5.92 Å². The van der Waals surface area contributed by atoms with E-state index in [2.05, 4.69) is 30.4 Å². The predicted octanol–water partition coefficient (Wildman–Crippen LogP) is 6.04. The first-order valence-corrected chi connectivity index (χ1v) is 14.9. The van der Waals surface area contributed by atoms with Crippen LogP contribution in [-0.4, -0.2) is 56.3 Å². The van der Waals surface area contributed by atoms with Crippen LogP contribution in [0.3, 0.4) is 0 Å². The molecular weight excluding hydrogens is 534 g/mol. The van der Waals surface area contributed by atoms with Crippen molar-refractivity contribution in [2.75, 3.05) is 19.6 Å². The number of alkyl halides is 1. The molecule has 0 saturated carbocycles. The first kappa shape index (κ1) is 28.3.